The Balaban J connectivity index is 2.24. The Labute approximate surface area is 96.6 Å². The summed E-state index contributed by atoms with van der Waals surface area (Å²) in [4.78, 5) is 11.8. The van der Waals surface area contributed by atoms with Crippen molar-refractivity contribution in [1.29, 1.82) is 0 Å². The maximum atomic E-state index is 11.8. The first kappa shape index (κ1) is 13.4. The van der Waals surface area contributed by atoms with Crippen molar-refractivity contribution in [2.24, 2.45) is 0 Å². The number of aliphatic hydroxyl groups excluding tert-OH is 1. The van der Waals surface area contributed by atoms with Crippen molar-refractivity contribution < 1.29 is 14.6 Å². The molecule has 0 bridgehead atoms. The minimum atomic E-state index is -0.137. The number of aliphatic hydroxyl groups is 1. The van der Waals surface area contributed by atoms with Crippen molar-refractivity contribution in [3.63, 3.8) is 0 Å². The highest BCUT2D eigenvalue weighted by atomic mass is 16.5. The third-order valence-corrected chi connectivity index (χ3v) is 2.92. The number of ether oxygens (including phenoxy) is 1. The minimum absolute atomic E-state index is 0.0324. The normalized spacial score (nSPS) is 26.7. The maximum absolute atomic E-state index is 11.8. The summed E-state index contributed by atoms with van der Waals surface area (Å²) in [7, 11) is 1.66. The lowest BCUT2D eigenvalue weighted by molar-refractivity contribution is -0.123. The van der Waals surface area contributed by atoms with E-state index in [0.717, 1.165) is 25.8 Å². The summed E-state index contributed by atoms with van der Waals surface area (Å²) in [5.74, 6) is 0.0324. The molecule has 0 aromatic carbocycles. The first-order chi connectivity index (χ1) is 7.67. The van der Waals surface area contributed by atoms with E-state index in [0.29, 0.717) is 0 Å². The largest absolute Gasteiger partial charge is 0.396 e. The molecule has 1 aliphatic rings. The number of hydrogen-bond donors (Lipinski definition) is 3. The number of carbonyl (C=O) groups excluding carboxylic acids is 1. The molecule has 3 unspecified atom stereocenters. The predicted octanol–water partition coefficient (Wildman–Crippen LogP) is -0.359. The number of amides is 1. The van der Waals surface area contributed by atoms with Gasteiger partial charge in [-0.15, -0.1) is 0 Å². The van der Waals surface area contributed by atoms with Crippen LogP contribution >= 0.6 is 0 Å². The van der Waals surface area contributed by atoms with E-state index in [9.17, 15) is 4.79 Å². The van der Waals surface area contributed by atoms with Crippen LogP contribution in [0.1, 0.15) is 26.2 Å². The van der Waals surface area contributed by atoms with E-state index in [4.69, 9.17) is 9.84 Å². The van der Waals surface area contributed by atoms with Crippen LogP contribution in [-0.2, 0) is 9.53 Å². The van der Waals surface area contributed by atoms with Crippen molar-refractivity contribution >= 4 is 5.91 Å². The molecule has 1 aliphatic heterocycles. The molecule has 5 heteroatoms. The van der Waals surface area contributed by atoms with Gasteiger partial charge in [-0.25, -0.2) is 0 Å². The van der Waals surface area contributed by atoms with E-state index in [1.165, 1.54) is 0 Å². The summed E-state index contributed by atoms with van der Waals surface area (Å²) in [6.45, 7) is 2.86. The molecule has 5 nitrogen and oxygen atoms in total. The monoisotopic (exact) mass is 230 g/mol. The predicted molar refractivity (Wildman–Crippen MR) is 61.1 cm³/mol. The minimum Gasteiger partial charge on any atom is -0.396 e. The van der Waals surface area contributed by atoms with Crippen LogP contribution in [0.2, 0.25) is 0 Å². The van der Waals surface area contributed by atoms with Crippen LogP contribution in [0.5, 0.6) is 0 Å². The molecule has 1 fully saturated rings. The molecule has 0 aromatic heterocycles. The van der Waals surface area contributed by atoms with Crippen molar-refractivity contribution in [1.82, 2.24) is 10.6 Å². The van der Waals surface area contributed by atoms with E-state index in [1.54, 1.807) is 7.11 Å². The Morgan fingerprint density at radius 3 is 3.00 bits per heavy atom. The molecule has 0 saturated carbocycles. The van der Waals surface area contributed by atoms with Crippen molar-refractivity contribution in [3.05, 3.63) is 0 Å². The van der Waals surface area contributed by atoms with Gasteiger partial charge < -0.3 is 20.5 Å². The first-order valence-electron chi connectivity index (χ1n) is 5.84. The van der Waals surface area contributed by atoms with Crippen LogP contribution in [0.4, 0.5) is 0 Å². The molecule has 16 heavy (non-hydrogen) atoms. The topological polar surface area (TPSA) is 70.6 Å². The average Bonchev–Trinajstić information content (AvgIpc) is 2.74. The van der Waals surface area contributed by atoms with Gasteiger partial charge in [0, 0.05) is 26.3 Å². The van der Waals surface area contributed by atoms with Gasteiger partial charge in [0.2, 0.25) is 5.91 Å². The lowest BCUT2D eigenvalue weighted by Gasteiger charge is -2.16. The number of hydrogen-bond acceptors (Lipinski definition) is 4. The van der Waals surface area contributed by atoms with Gasteiger partial charge in [-0.05, 0) is 26.2 Å². The van der Waals surface area contributed by atoms with Crippen LogP contribution in [0.15, 0.2) is 0 Å². The first-order valence-corrected chi connectivity index (χ1v) is 5.84. The summed E-state index contributed by atoms with van der Waals surface area (Å²) < 4.78 is 5.19. The second-order valence-corrected chi connectivity index (χ2v) is 4.33. The Morgan fingerprint density at radius 1 is 1.69 bits per heavy atom. The molecule has 0 spiro atoms. The summed E-state index contributed by atoms with van der Waals surface area (Å²) in [5.41, 5.74) is 0. The molecule has 0 aliphatic carbocycles. The zero-order valence-electron chi connectivity index (χ0n) is 10.0. The zero-order chi connectivity index (χ0) is 12.0. The Bertz CT molecular complexity index is 223. The maximum Gasteiger partial charge on any atom is 0.237 e. The number of nitrogens with one attached hydrogen (secondary N) is 2. The van der Waals surface area contributed by atoms with Crippen LogP contribution in [-0.4, -0.2) is 49.5 Å². The third-order valence-electron chi connectivity index (χ3n) is 2.92. The number of rotatable bonds is 6. The molecule has 3 atom stereocenters. The van der Waals surface area contributed by atoms with E-state index < -0.39 is 0 Å². The molecule has 1 saturated heterocycles. The zero-order valence-corrected chi connectivity index (χ0v) is 10.0. The summed E-state index contributed by atoms with van der Waals surface area (Å²) in [6, 6.07) is -0.0235. The van der Waals surface area contributed by atoms with Crippen LogP contribution in [0.25, 0.3) is 0 Å². The fourth-order valence-electron chi connectivity index (χ4n) is 1.90. The summed E-state index contributed by atoms with van der Waals surface area (Å²) >= 11 is 0. The molecule has 1 heterocycles. The highest BCUT2D eigenvalue weighted by Gasteiger charge is 2.29. The molecule has 3 N–H and O–H groups in total. The van der Waals surface area contributed by atoms with E-state index in [2.05, 4.69) is 10.6 Å². The quantitative estimate of drug-likeness (QED) is 0.583. The van der Waals surface area contributed by atoms with Gasteiger partial charge >= 0.3 is 0 Å². The van der Waals surface area contributed by atoms with Gasteiger partial charge in [0.1, 0.15) is 0 Å². The lowest BCUT2D eigenvalue weighted by atomic mass is 10.1. The number of methoxy groups -OCH3 is 1. The van der Waals surface area contributed by atoms with Gasteiger partial charge in [-0.3, -0.25) is 4.79 Å². The molecule has 0 radical (unpaired) electrons. The van der Waals surface area contributed by atoms with Gasteiger partial charge in [0.25, 0.3) is 0 Å². The summed E-state index contributed by atoms with van der Waals surface area (Å²) in [6.07, 6.45) is 2.40. The Kier molecular flexibility index (Phi) is 5.73. The highest BCUT2D eigenvalue weighted by Crippen LogP contribution is 2.10. The molecular weight excluding hydrogens is 208 g/mol. The van der Waals surface area contributed by atoms with Crippen molar-refractivity contribution in [2.45, 2.75) is 44.4 Å². The third kappa shape index (κ3) is 4.08. The van der Waals surface area contributed by atoms with Crippen LogP contribution < -0.4 is 10.6 Å². The van der Waals surface area contributed by atoms with Gasteiger partial charge in [0.05, 0.1) is 12.1 Å². The van der Waals surface area contributed by atoms with E-state index in [1.807, 2.05) is 6.92 Å². The highest BCUT2D eigenvalue weighted by molar-refractivity contribution is 5.82. The molecule has 0 aromatic rings. The fraction of sp³-hybridized carbons (Fsp3) is 0.909. The number of carbonyl (C=O) groups is 1. The van der Waals surface area contributed by atoms with E-state index >= 15 is 0 Å². The van der Waals surface area contributed by atoms with Gasteiger partial charge in [0.15, 0.2) is 0 Å². The standard InChI is InChI=1S/C11H22N2O3/c1-8(4-3-5-14)13-11(15)10-6-9(16-2)7-12-10/h8-10,12,14H,3-7H2,1-2H3,(H,13,15). The Hall–Kier alpha value is -0.650. The van der Waals surface area contributed by atoms with Crippen LogP contribution in [0, 0.1) is 0 Å². The van der Waals surface area contributed by atoms with Gasteiger partial charge in [-0.2, -0.15) is 0 Å². The second-order valence-electron chi connectivity index (χ2n) is 4.33. The van der Waals surface area contributed by atoms with Crippen molar-refractivity contribution in [3.8, 4) is 0 Å². The fourth-order valence-corrected chi connectivity index (χ4v) is 1.90. The SMILES string of the molecule is COC1CNC(C(=O)NC(C)CCCO)C1. The average molecular weight is 230 g/mol. The molecule has 1 rings (SSSR count). The smallest absolute Gasteiger partial charge is 0.237 e. The second kappa shape index (κ2) is 6.83. The van der Waals surface area contributed by atoms with Gasteiger partial charge in [-0.1, -0.05) is 0 Å². The summed E-state index contributed by atoms with van der Waals surface area (Å²) in [5, 5.41) is 14.8. The molecular formula is C11H22N2O3. The van der Waals surface area contributed by atoms with Crippen molar-refractivity contribution in [2.75, 3.05) is 20.3 Å². The molecule has 94 valence electrons. The Morgan fingerprint density at radius 2 is 2.44 bits per heavy atom. The van der Waals surface area contributed by atoms with E-state index in [-0.39, 0.29) is 30.7 Å². The molecule has 1 amide bonds. The lowest BCUT2D eigenvalue weighted by Crippen LogP contribution is -2.44. The van der Waals surface area contributed by atoms with Crippen LogP contribution in [0.3, 0.4) is 0 Å².